The zero-order valence-electron chi connectivity index (χ0n) is 17.7. The molecule has 0 aromatic carbocycles. The van der Waals surface area contributed by atoms with Gasteiger partial charge in [-0.2, -0.15) is 0 Å². The molecule has 1 atom stereocenters. The molecule has 7 nitrogen and oxygen atoms in total. The highest BCUT2D eigenvalue weighted by molar-refractivity contribution is 5.80. The van der Waals surface area contributed by atoms with Crippen LogP contribution in [0.4, 0.5) is 10.2 Å². The van der Waals surface area contributed by atoms with Gasteiger partial charge in [0.2, 0.25) is 0 Å². The molecule has 0 saturated carbocycles. The van der Waals surface area contributed by atoms with Crippen LogP contribution >= 0.6 is 0 Å². The van der Waals surface area contributed by atoms with E-state index in [4.69, 9.17) is 9.73 Å². The van der Waals surface area contributed by atoms with Gasteiger partial charge in [-0.25, -0.2) is 9.37 Å². The quantitative estimate of drug-likeness (QED) is 0.506. The molecule has 0 bridgehead atoms. The second-order valence-electron chi connectivity index (χ2n) is 7.88. The second-order valence-corrected chi connectivity index (χ2v) is 7.88. The van der Waals surface area contributed by atoms with Gasteiger partial charge in [-0.15, -0.1) is 0 Å². The molecular weight excluding hydrogens is 371 g/mol. The molecule has 2 aliphatic rings. The summed E-state index contributed by atoms with van der Waals surface area (Å²) in [6.45, 7) is 9.35. The van der Waals surface area contributed by atoms with Gasteiger partial charge in [0.15, 0.2) is 17.6 Å². The Bertz CT molecular complexity index is 650. The summed E-state index contributed by atoms with van der Waals surface area (Å²) in [5, 5.41) is 6.89. The average molecular weight is 407 g/mol. The number of likely N-dealkylation sites (tertiary alicyclic amines) is 1. The van der Waals surface area contributed by atoms with Crippen molar-refractivity contribution in [2.75, 3.05) is 64.4 Å². The third kappa shape index (κ3) is 6.54. The minimum atomic E-state index is -0.259. The molecule has 0 aliphatic carbocycles. The van der Waals surface area contributed by atoms with E-state index < -0.39 is 0 Å². The van der Waals surface area contributed by atoms with Crippen LogP contribution in [-0.2, 0) is 4.74 Å². The van der Waals surface area contributed by atoms with E-state index in [0.29, 0.717) is 11.7 Å². The van der Waals surface area contributed by atoms with Crippen LogP contribution in [0, 0.1) is 11.7 Å². The molecule has 1 aromatic heterocycles. The summed E-state index contributed by atoms with van der Waals surface area (Å²) in [5.74, 6) is 1.68. The van der Waals surface area contributed by atoms with Crippen molar-refractivity contribution < 1.29 is 9.13 Å². The maximum absolute atomic E-state index is 14.0. The van der Waals surface area contributed by atoms with Crippen molar-refractivity contribution in [2.45, 2.75) is 32.2 Å². The molecule has 162 valence electrons. The molecule has 0 radical (unpaired) electrons. The SMILES string of the molecule is CCNC(=NCC1CCN(CCOC)CC1)NC1CCN(c2ncccc2F)C1. The predicted octanol–water partition coefficient (Wildman–Crippen LogP) is 1.71. The molecular formula is C21H35FN6O. The number of hydrogen-bond donors (Lipinski definition) is 2. The highest BCUT2D eigenvalue weighted by atomic mass is 19.1. The normalized spacial score (nSPS) is 21.6. The molecule has 2 N–H and O–H groups in total. The lowest BCUT2D eigenvalue weighted by Gasteiger charge is -2.31. The smallest absolute Gasteiger partial charge is 0.191 e. The van der Waals surface area contributed by atoms with Gasteiger partial charge in [0.25, 0.3) is 0 Å². The van der Waals surface area contributed by atoms with Gasteiger partial charge in [0, 0.05) is 52.1 Å². The molecule has 2 aliphatic heterocycles. The minimum Gasteiger partial charge on any atom is -0.383 e. The number of pyridine rings is 1. The fourth-order valence-electron chi connectivity index (χ4n) is 4.03. The van der Waals surface area contributed by atoms with E-state index in [0.717, 1.165) is 64.8 Å². The Morgan fingerprint density at radius 2 is 2.14 bits per heavy atom. The molecule has 0 spiro atoms. The number of hydrogen-bond acceptors (Lipinski definition) is 5. The van der Waals surface area contributed by atoms with Crippen LogP contribution in [0.5, 0.6) is 0 Å². The van der Waals surface area contributed by atoms with Gasteiger partial charge in [0.1, 0.15) is 0 Å². The van der Waals surface area contributed by atoms with Crippen molar-refractivity contribution in [3.05, 3.63) is 24.1 Å². The molecule has 8 heteroatoms. The summed E-state index contributed by atoms with van der Waals surface area (Å²) in [6, 6.07) is 3.34. The number of guanidine groups is 1. The van der Waals surface area contributed by atoms with Gasteiger partial charge < -0.3 is 25.2 Å². The van der Waals surface area contributed by atoms with E-state index in [1.165, 1.54) is 18.9 Å². The fraction of sp³-hybridized carbons (Fsp3) is 0.714. The Morgan fingerprint density at radius 3 is 2.86 bits per heavy atom. The van der Waals surface area contributed by atoms with Crippen LogP contribution in [0.2, 0.25) is 0 Å². The monoisotopic (exact) mass is 406 g/mol. The number of anilines is 1. The highest BCUT2D eigenvalue weighted by Gasteiger charge is 2.26. The van der Waals surface area contributed by atoms with Gasteiger partial charge in [0.05, 0.1) is 6.61 Å². The Labute approximate surface area is 173 Å². The number of nitrogens with zero attached hydrogens (tertiary/aromatic N) is 4. The Balaban J connectivity index is 1.47. The topological polar surface area (TPSA) is 65.0 Å². The first-order chi connectivity index (χ1) is 14.2. The Morgan fingerprint density at radius 1 is 1.31 bits per heavy atom. The van der Waals surface area contributed by atoms with Crippen molar-refractivity contribution in [3.8, 4) is 0 Å². The summed E-state index contributed by atoms with van der Waals surface area (Å²) >= 11 is 0. The van der Waals surface area contributed by atoms with Crippen molar-refractivity contribution in [1.82, 2.24) is 20.5 Å². The molecule has 3 heterocycles. The molecule has 1 unspecified atom stereocenters. The van der Waals surface area contributed by atoms with Gasteiger partial charge in [-0.3, -0.25) is 4.99 Å². The van der Waals surface area contributed by atoms with E-state index in [1.807, 2.05) is 4.90 Å². The van der Waals surface area contributed by atoms with Crippen LogP contribution in [0.25, 0.3) is 0 Å². The lowest BCUT2D eigenvalue weighted by Crippen LogP contribution is -2.45. The van der Waals surface area contributed by atoms with Crippen LogP contribution < -0.4 is 15.5 Å². The van der Waals surface area contributed by atoms with E-state index in [9.17, 15) is 4.39 Å². The van der Waals surface area contributed by atoms with E-state index in [2.05, 4.69) is 27.4 Å². The molecule has 2 fully saturated rings. The number of rotatable bonds is 8. The zero-order valence-corrected chi connectivity index (χ0v) is 17.7. The van der Waals surface area contributed by atoms with Crippen molar-refractivity contribution in [1.29, 1.82) is 0 Å². The van der Waals surface area contributed by atoms with Crippen LogP contribution in [0.1, 0.15) is 26.2 Å². The molecule has 29 heavy (non-hydrogen) atoms. The summed E-state index contributed by atoms with van der Waals surface area (Å²) < 4.78 is 19.2. The van der Waals surface area contributed by atoms with Gasteiger partial charge >= 0.3 is 0 Å². The third-order valence-electron chi connectivity index (χ3n) is 5.74. The van der Waals surface area contributed by atoms with Crippen LogP contribution in [0.15, 0.2) is 23.3 Å². The van der Waals surface area contributed by atoms with Crippen molar-refractivity contribution in [3.63, 3.8) is 0 Å². The van der Waals surface area contributed by atoms with Gasteiger partial charge in [-0.1, -0.05) is 0 Å². The minimum absolute atomic E-state index is 0.241. The lowest BCUT2D eigenvalue weighted by atomic mass is 9.97. The summed E-state index contributed by atoms with van der Waals surface area (Å²) in [4.78, 5) is 13.5. The maximum atomic E-state index is 14.0. The first-order valence-electron chi connectivity index (χ1n) is 10.8. The summed E-state index contributed by atoms with van der Waals surface area (Å²) in [7, 11) is 1.76. The molecule has 3 rings (SSSR count). The Kier molecular flexibility index (Phi) is 8.49. The molecule has 0 amide bonds. The predicted molar refractivity (Wildman–Crippen MR) is 115 cm³/mol. The largest absolute Gasteiger partial charge is 0.383 e. The fourth-order valence-corrected chi connectivity index (χ4v) is 4.03. The third-order valence-corrected chi connectivity index (χ3v) is 5.74. The number of nitrogens with one attached hydrogen (secondary N) is 2. The van der Waals surface area contributed by atoms with E-state index in [1.54, 1.807) is 19.4 Å². The van der Waals surface area contributed by atoms with E-state index >= 15 is 0 Å². The van der Waals surface area contributed by atoms with Crippen LogP contribution in [-0.4, -0.2) is 81.4 Å². The van der Waals surface area contributed by atoms with Crippen molar-refractivity contribution in [2.24, 2.45) is 10.9 Å². The summed E-state index contributed by atoms with van der Waals surface area (Å²) in [6.07, 6.45) is 4.95. The number of piperidine rings is 1. The number of methoxy groups -OCH3 is 1. The van der Waals surface area contributed by atoms with Gasteiger partial charge in [-0.05, 0) is 57.3 Å². The molecule has 1 aromatic rings. The van der Waals surface area contributed by atoms with Crippen LogP contribution in [0.3, 0.4) is 0 Å². The standard InChI is InChI=1S/C21H35FN6O/c1-3-23-21(25-15-17-6-10-27(11-7-17)13-14-29-2)26-18-8-12-28(16-18)20-19(22)5-4-9-24-20/h4-5,9,17-18H,3,6-8,10-16H2,1-2H3,(H2,23,25,26). The van der Waals surface area contributed by atoms with Crippen molar-refractivity contribution >= 4 is 11.8 Å². The Hall–Kier alpha value is -1.93. The number of aromatic nitrogens is 1. The average Bonchev–Trinajstić information content (AvgIpc) is 3.20. The lowest BCUT2D eigenvalue weighted by molar-refractivity contribution is 0.121. The second kappa shape index (κ2) is 11.3. The first-order valence-corrected chi connectivity index (χ1v) is 10.8. The van der Waals surface area contributed by atoms with E-state index in [-0.39, 0.29) is 11.9 Å². The zero-order chi connectivity index (χ0) is 20.5. The first kappa shape index (κ1) is 21.8. The highest BCUT2D eigenvalue weighted by Crippen LogP contribution is 2.21. The number of ether oxygens (including phenoxy) is 1. The molecule has 2 saturated heterocycles. The number of halogens is 1. The summed E-state index contributed by atoms with van der Waals surface area (Å²) in [5.41, 5.74) is 0. The maximum Gasteiger partial charge on any atom is 0.191 e. The number of aliphatic imine (C=N–C) groups is 1.